The molecule has 3 aromatic heterocycles. The minimum absolute atomic E-state index is 0.177. The number of H-pyrrole nitrogens is 1. The van der Waals surface area contributed by atoms with Gasteiger partial charge in [-0.1, -0.05) is 0 Å². The Morgan fingerprint density at radius 2 is 2.14 bits per heavy atom. The molecule has 0 fully saturated rings. The second-order valence-corrected chi connectivity index (χ2v) is 4.78. The van der Waals surface area contributed by atoms with E-state index in [0.717, 1.165) is 16.7 Å². The highest BCUT2D eigenvalue weighted by molar-refractivity contribution is 5.89. The van der Waals surface area contributed by atoms with E-state index in [2.05, 4.69) is 30.4 Å². The summed E-state index contributed by atoms with van der Waals surface area (Å²) in [5.74, 6) is 1.36. The second kappa shape index (κ2) is 4.97. The van der Waals surface area contributed by atoms with Crippen molar-refractivity contribution >= 4 is 16.9 Å². The third kappa shape index (κ3) is 2.47. The molecule has 0 saturated carbocycles. The van der Waals surface area contributed by atoms with Crippen LogP contribution >= 0.6 is 0 Å². The highest BCUT2D eigenvalue weighted by Crippen LogP contribution is 2.23. The van der Waals surface area contributed by atoms with Crippen LogP contribution in [0.5, 0.6) is 0 Å². The van der Waals surface area contributed by atoms with E-state index in [-0.39, 0.29) is 5.56 Å². The van der Waals surface area contributed by atoms with Crippen molar-refractivity contribution in [3.8, 4) is 0 Å². The van der Waals surface area contributed by atoms with Crippen LogP contribution in [0.1, 0.15) is 17.2 Å². The molecule has 0 spiro atoms. The molecule has 0 radical (unpaired) electrons. The van der Waals surface area contributed by atoms with Crippen molar-refractivity contribution in [2.75, 3.05) is 5.32 Å². The van der Waals surface area contributed by atoms with Gasteiger partial charge < -0.3 is 10.3 Å². The van der Waals surface area contributed by atoms with Gasteiger partial charge in [0.2, 0.25) is 0 Å². The summed E-state index contributed by atoms with van der Waals surface area (Å²) in [6, 6.07) is 1.45. The highest BCUT2D eigenvalue weighted by Gasteiger charge is 2.13. The molecule has 0 bridgehead atoms. The van der Waals surface area contributed by atoms with E-state index < -0.39 is 0 Å². The lowest BCUT2D eigenvalue weighted by atomic mass is 10.3. The lowest BCUT2D eigenvalue weighted by Crippen LogP contribution is -2.11. The lowest BCUT2D eigenvalue weighted by Gasteiger charge is -2.07. The summed E-state index contributed by atoms with van der Waals surface area (Å²) in [7, 11) is 1.85. The monoisotopic (exact) mass is 285 g/mol. The molecule has 0 atom stereocenters. The van der Waals surface area contributed by atoms with Crippen LogP contribution in [-0.4, -0.2) is 29.7 Å². The predicted octanol–water partition coefficient (Wildman–Crippen LogP) is 0.676. The fourth-order valence-electron chi connectivity index (χ4n) is 2.26. The van der Waals surface area contributed by atoms with Crippen molar-refractivity contribution in [2.24, 2.45) is 7.05 Å². The Morgan fingerprint density at radius 3 is 2.90 bits per heavy atom. The summed E-state index contributed by atoms with van der Waals surface area (Å²) in [6.07, 6.45) is 1.38. The number of nitrogens with zero attached hydrogens (tertiary/aromatic N) is 5. The molecule has 8 nitrogen and oxygen atoms in total. The first-order valence-corrected chi connectivity index (χ1v) is 6.50. The van der Waals surface area contributed by atoms with E-state index in [0.29, 0.717) is 23.9 Å². The van der Waals surface area contributed by atoms with Gasteiger partial charge in [-0.15, -0.1) is 0 Å². The summed E-state index contributed by atoms with van der Waals surface area (Å²) >= 11 is 0. The van der Waals surface area contributed by atoms with Gasteiger partial charge in [-0.05, 0) is 13.8 Å². The maximum atomic E-state index is 11.3. The number of rotatable bonds is 3. The molecule has 0 aliphatic carbocycles. The predicted molar refractivity (Wildman–Crippen MR) is 78.0 cm³/mol. The van der Waals surface area contributed by atoms with Crippen molar-refractivity contribution in [2.45, 2.75) is 20.4 Å². The SMILES string of the molecule is Cc1nc(NCc2cc(=O)[nH]cn2)c2c(C)nn(C)c2n1. The van der Waals surface area contributed by atoms with Gasteiger partial charge in [-0.2, -0.15) is 5.10 Å². The normalized spacial score (nSPS) is 11.0. The van der Waals surface area contributed by atoms with Crippen molar-refractivity contribution in [3.63, 3.8) is 0 Å². The van der Waals surface area contributed by atoms with Crippen LogP contribution in [0.2, 0.25) is 0 Å². The van der Waals surface area contributed by atoms with Crippen LogP contribution in [0.3, 0.4) is 0 Å². The zero-order valence-corrected chi connectivity index (χ0v) is 12.0. The van der Waals surface area contributed by atoms with E-state index in [1.807, 2.05) is 20.9 Å². The maximum Gasteiger partial charge on any atom is 0.250 e. The number of nitrogens with one attached hydrogen (secondary N) is 2. The molecule has 3 rings (SSSR count). The van der Waals surface area contributed by atoms with Gasteiger partial charge in [0.05, 0.1) is 29.6 Å². The average Bonchev–Trinajstić information content (AvgIpc) is 2.71. The molecule has 0 amide bonds. The van der Waals surface area contributed by atoms with Gasteiger partial charge in [0.25, 0.3) is 5.56 Å². The number of hydrogen-bond donors (Lipinski definition) is 2. The Labute approximate surface area is 120 Å². The third-order valence-electron chi connectivity index (χ3n) is 3.14. The molecule has 8 heteroatoms. The van der Waals surface area contributed by atoms with Gasteiger partial charge in [0.15, 0.2) is 5.65 Å². The molecule has 0 saturated heterocycles. The van der Waals surface area contributed by atoms with Crippen LogP contribution in [0, 0.1) is 13.8 Å². The first-order valence-electron chi connectivity index (χ1n) is 6.50. The third-order valence-corrected chi connectivity index (χ3v) is 3.14. The Balaban J connectivity index is 1.98. The Morgan fingerprint density at radius 1 is 1.33 bits per heavy atom. The molecule has 0 unspecified atom stereocenters. The second-order valence-electron chi connectivity index (χ2n) is 4.78. The zero-order valence-electron chi connectivity index (χ0n) is 12.0. The zero-order chi connectivity index (χ0) is 15.0. The minimum Gasteiger partial charge on any atom is -0.364 e. The van der Waals surface area contributed by atoms with E-state index in [1.165, 1.54) is 12.4 Å². The summed E-state index contributed by atoms with van der Waals surface area (Å²) in [4.78, 5) is 26.7. The fraction of sp³-hybridized carbons (Fsp3) is 0.308. The van der Waals surface area contributed by atoms with Crippen LogP contribution in [0.4, 0.5) is 5.82 Å². The number of fused-ring (bicyclic) bond motifs is 1. The van der Waals surface area contributed by atoms with E-state index >= 15 is 0 Å². The summed E-state index contributed by atoms with van der Waals surface area (Å²) < 4.78 is 1.73. The van der Waals surface area contributed by atoms with E-state index in [9.17, 15) is 4.79 Å². The van der Waals surface area contributed by atoms with Gasteiger partial charge in [0.1, 0.15) is 11.6 Å². The largest absolute Gasteiger partial charge is 0.364 e. The number of aromatic nitrogens is 6. The Bertz CT molecular complexity index is 865. The molecule has 2 N–H and O–H groups in total. The molecule has 21 heavy (non-hydrogen) atoms. The molecular formula is C13H15N7O. The van der Waals surface area contributed by atoms with Crippen molar-refractivity contribution < 1.29 is 0 Å². The van der Waals surface area contributed by atoms with Crippen molar-refractivity contribution in [3.05, 3.63) is 40.0 Å². The van der Waals surface area contributed by atoms with E-state index in [1.54, 1.807) is 4.68 Å². The first-order chi connectivity index (χ1) is 10.0. The number of anilines is 1. The van der Waals surface area contributed by atoms with Crippen LogP contribution in [0.15, 0.2) is 17.2 Å². The highest BCUT2D eigenvalue weighted by atomic mass is 16.1. The maximum absolute atomic E-state index is 11.3. The molecule has 108 valence electrons. The first kappa shape index (κ1) is 13.2. The topological polar surface area (TPSA) is 101 Å². The van der Waals surface area contributed by atoms with Crippen LogP contribution < -0.4 is 10.9 Å². The molecule has 3 heterocycles. The fourth-order valence-corrected chi connectivity index (χ4v) is 2.26. The van der Waals surface area contributed by atoms with Gasteiger partial charge in [0, 0.05) is 13.1 Å². The molecule has 3 aromatic rings. The minimum atomic E-state index is -0.177. The van der Waals surface area contributed by atoms with Gasteiger partial charge >= 0.3 is 0 Å². The van der Waals surface area contributed by atoms with Crippen LogP contribution in [-0.2, 0) is 13.6 Å². The average molecular weight is 285 g/mol. The summed E-state index contributed by atoms with van der Waals surface area (Å²) in [5, 5.41) is 8.45. The molecule has 0 aromatic carbocycles. The van der Waals surface area contributed by atoms with E-state index in [4.69, 9.17) is 0 Å². The smallest absolute Gasteiger partial charge is 0.250 e. The van der Waals surface area contributed by atoms with Gasteiger partial charge in [-0.25, -0.2) is 15.0 Å². The van der Waals surface area contributed by atoms with Crippen molar-refractivity contribution in [1.29, 1.82) is 0 Å². The van der Waals surface area contributed by atoms with Crippen LogP contribution in [0.25, 0.3) is 11.0 Å². The van der Waals surface area contributed by atoms with Gasteiger partial charge in [-0.3, -0.25) is 9.48 Å². The Kier molecular flexibility index (Phi) is 3.13. The number of aryl methyl sites for hydroxylation is 3. The summed E-state index contributed by atoms with van der Waals surface area (Å²) in [6.45, 7) is 4.15. The number of aromatic amines is 1. The molecule has 0 aliphatic heterocycles. The summed E-state index contributed by atoms with van der Waals surface area (Å²) in [5.41, 5.74) is 2.10. The van der Waals surface area contributed by atoms with Crippen molar-refractivity contribution in [1.82, 2.24) is 29.7 Å². The Hall–Kier alpha value is -2.77. The standard InChI is InChI=1S/C13H15N7O/c1-7-11-12(14-5-9-4-10(21)16-6-15-9)17-8(2)18-13(11)20(3)19-7/h4,6H,5H2,1-3H3,(H,14,17,18)(H,15,16,21). The lowest BCUT2D eigenvalue weighted by molar-refractivity contribution is 0.771. The number of hydrogen-bond acceptors (Lipinski definition) is 6. The molecular weight excluding hydrogens is 270 g/mol. The quantitative estimate of drug-likeness (QED) is 0.733. The molecule has 0 aliphatic rings.